The smallest absolute Gasteiger partial charge is 0.414 e. The van der Waals surface area contributed by atoms with Crippen LogP contribution < -0.4 is 10.2 Å². The number of nitrogens with one attached hydrogen (secondary N) is 1. The number of rotatable bonds is 10. The van der Waals surface area contributed by atoms with E-state index < -0.39 is 18.0 Å². The Bertz CT molecular complexity index is 1090. The van der Waals surface area contributed by atoms with E-state index in [1.54, 1.807) is 12.1 Å². The Hall–Kier alpha value is -3.37. The second-order valence-electron chi connectivity index (χ2n) is 7.76. The minimum absolute atomic E-state index is 0.222. The molecule has 0 spiro atoms. The van der Waals surface area contributed by atoms with Gasteiger partial charge in [-0.1, -0.05) is 29.5 Å². The van der Waals surface area contributed by atoms with E-state index in [9.17, 15) is 18.7 Å². The monoisotopic (exact) mass is 457 g/mol. The summed E-state index contributed by atoms with van der Waals surface area (Å²) < 4.78 is 33.9. The van der Waals surface area contributed by atoms with Crippen molar-refractivity contribution < 1.29 is 23.4 Å². The molecule has 1 aliphatic rings. The predicted octanol–water partition coefficient (Wildman–Crippen LogP) is 3.05. The van der Waals surface area contributed by atoms with Crippen molar-refractivity contribution in [2.45, 2.75) is 32.2 Å². The molecule has 1 fully saturated rings. The number of aliphatic hydroxyl groups excluding tert-OH is 1. The fourth-order valence-corrected chi connectivity index (χ4v) is 3.71. The van der Waals surface area contributed by atoms with Crippen LogP contribution in [0.15, 0.2) is 48.7 Å². The number of carbonyl (C=O) groups excluding carboxylic acids is 1. The number of ether oxygens (including phenoxy) is 1. The fraction of sp³-hybridized carbons (Fsp3) is 0.348. The lowest BCUT2D eigenvalue weighted by molar-refractivity contribution is 0.127. The lowest BCUT2D eigenvalue weighted by Crippen LogP contribution is -2.26. The molecule has 3 aromatic rings. The van der Waals surface area contributed by atoms with E-state index in [0.29, 0.717) is 36.5 Å². The first-order valence-electron chi connectivity index (χ1n) is 10.7. The summed E-state index contributed by atoms with van der Waals surface area (Å²) in [4.78, 5) is 13.7. The van der Waals surface area contributed by atoms with Gasteiger partial charge in [0.05, 0.1) is 43.9 Å². The van der Waals surface area contributed by atoms with E-state index in [1.165, 1.54) is 21.8 Å². The quantitative estimate of drug-likeness (QED) is 0.455. The summed E-state index contributed by atoms with van der Waals surface area (Å²) in [5, 5.41) is 20.1. The number of benzene rings is 2. The van der Waals surface area contributed by atoms with Gasteiger partial charge >= 0.3 is 6.09 Å². The minimum Gasteiger partial charge on any atom is -0.442 e. The Balaban J connectivity index is 1.41. The van der Waals surface area contributed by atoms with Crippen LogP contribution in [0.2, 0.25) is 0 Å². The summed E-state index contributed by atoms with van der Waals surface area (Å²) >= 11 is 0. The van der Waals surface area contributed by atoms with Crippen molar-refractivity contribution in [2.75, 3.05) is 24.7 Å². The zero-order chi connectivity index (χ0) is 23.2. The molecule has 10 heteroatoms. The number of anilines is 1. The number of nitrogens with zero attached hydrogens (tertiary/aromatic N) is 4. The lowest BCUT2D eigenvalue weighted by atomic mass is 10.0. The first-order chi connectivity index (χ1) is 16.1. The van der Waals surface area contributed by atoms with Gasteiger partial charge in [0.2, 0.25) is 0 Å². The molecule has 1 aromatic heterocycles. The fourth-order valence-electron chi connectivity index (χ4n) is 3.71. The molecule has 0 aliphatic carbocycles. The highest BCUT2D eigenvalue weighted by Crippen LogP contribution is 2.29. The second kappa shape index (κ2) is 10.5. The van der Waals surface area contributed by atoms with E-state index in [1.807, 2.05) is 24.3 Å². The number of amides is 1. The van der Waals surface area contributed by atoms with Gasteiger partial charge < -0.3 is 15.2 Å². The standard InChI is InChI=1S/C23H25F2N5O3/c24-8-1-9-26-11-16-2-4-17(5-3-16)21-7-6-18(10-22(21)25)29-13-20(33-23(29)32)14-30-19(15-31)12-27-28-30/h2-7,10,12,20,26,31H,1,8-9,11,13-15H2/t20-/m1/s1. The van der Waals surface area contributed by atoms with E-state index in [4.69, 9.17) is 4.74 Å². The number of halogens is 2. The zero-order valence-corrected chi connectivity index (χ0v) is 18.0. The number of cyclic esters (lactones) is 1. The molecule has 1 saturated heterocycles. The van der Waals surface area contributed by atoms with Crippen LogP contribution in [0.1, 0.15) is 17.7 Å². The van der Waals surface area contributed by atoms with Crippen molar-refractivity contribution in [3.63, 3.8) is 0 Å². The summed E-state index contributed by atoms with van der Waals surface area (Å²) in [5.74, 6) is -0.448. The molecule has 1 amide bonds. The van der Waals surface area contributed by atoms with E-state index in [2.05, 4.69) is 15.6 Å². The van der Waals surface area contributed by atoms with Crippen LogP contribution in [-0.2, 0) is 24.4 Å². The van der Waals surface area contributed by atoms with Gasteiger partial charge in [-0.3, -0.25) is 9.29 Å². The average molecular weight is 457 g/mol. The first-order valence-corrected chi connectivity index (χ1v) is 10.7. The van der Waals surface area contributed by atoms with Gasteiger partial charge in [-0.05, 0) is 42.3 Å². The number of carbonyl (C=O) groups is 1. The van der Waals surface area contributed by atoms with Crippen LogP contribution in [0.3, 0.4) is 0 Å². The molecule has 0 unspecified atom stereocenters. The molecule has 2 heterocycles. The SMILES string of the molecule is O=C1O[C@@H](Cn2nncc2CO)CN1c1ccc(-c2ccc(CNCCCF)cc2)c(F)c1. The molecule has 8 nitrogen and oxygen atoms in total. The van der Waals surface area contributed by atoms with Crippen molar-refractivity contribution in [1.29, 1.82) is 0 Å². The molecule has 1 atom stereocenters. The number of aromatic nitrogens is 3. The van der Waals surface area contributed by atoms with Crippen molar-refractivity contribution in [1.82, 2.24) is 20.3 Å². The number of aliphatic hydroxyl groups is 1. The third kappa shape index (κ3) is 5.35. The predicted molar refractivity (Wildman–Crippen MR) is 118 cm³/mol. The average Bonchev–Trinajstić information content (AvgIpc) is 3.43. The van der Waals surface area contributed by atoms with Gasteiger partial charge in [0, 0.05) is 12.1 Å². The molecule has 4 rings (SSSR count). The van der Waals surface area contributed by atoms with Crippen LogP contribution in [0.25, 0.3) is 11.1 Å². The molecule has 0 bridgehead atoms. The highest BCUT2D eigenvalue weighted by molar-refractivity contribution is 5.90. The third-order valence-corrected chi connectivity index (χ3v) is 5.46. The van der Waals surface area contributed by atoms with Crippen molar-refractivity contribution in [2.24, 2.45) is 0 Å². The Kier molecular flexibility index (Phi) is 7.26. The third-order valence-electron chi connectivity index (χ3n) is 5.46. The van der Waals surface area contributed by atoms with Crippen LogP contribution in [0.4, 0.5) is 19.3 Å². The maximum atomic E-state index is 14.9. The van der Waals surface area contributed by atoms with Crippen molar-refractivity contribution in [3.05, 3.63) is 65.7 Å². The second-order valence-corrected chi connectivity index (χ2v) is 7.76. The van der Waals surface area contributed by atoms with E-state index in [-0.39, 0.29) is 26.4 Å². The number of alkyl halides is 1. The molecule has 2 aromatic carbocycles. The van der Waals surface area contributed by atoms with Crippen molar-refractivity contribution >= 4 is 11.8 Å². The first kappa shape index (κ1) is 22.8. The van der Waals surface area contributed by atoms with Crippen LogP contribution >= 0.6 is 0 Å². The summed E-state index contributed by atoms with van der Waals surface area (Å²) in [6.07, 6.45) is 0.851. The summed E-state index contributed by atoms with van der Waals surface area (Å²) in [6.45, 7) is 1.13. The van der Waals surface area contributed by atoms with Crippen LogP contribution in [-0.4, -0.2) is 52.1 Å². The molecule has 0 saturated carbocycles. The molecule has 1 aliphatic heterocycles. The van der Waals surface area contributed by atoms with E-state index >= 15 is 0 Å². The summed E-state index contributed by atoms with van der Waals surface area (Å²) in [7, 11) is 0. The summed E-state index contributed by atoms with van der Waals surface area (Å²) in [6, 6.07) is 12.1. The molecular formula is C23H25F2N5O3. The molecule has 0 radical (unpaired) electrons. The zero-order valence-electron chi connectivity index (χ0n) is 18.0. The number of hydrogen-bond donors (Lipinski definition) is 2. The Morgan fingerprint density at radius 2 is 2.03 bits per heavy atom. The van der Waals surface area contributed by atoms with Gasteiger partial charge in [-0.15, -0.1) is 5.10 Å². The maximum absolute atomic E-state index is 14.9. The topological polar surface area (TPSA) is 92.5 Å². The summed E-state index contributed by atoms with van der Waals surface area (Å²) in [5.41, 5.74) is 3.09. The highest BCUT2D eigenvalue weighted by atomic mass is 19.1. The van der Waals surface area contributed by atoms with Gasteiger partial charge in [0.15, 0.2) is 0 Å². The molecule has 2 N–H and O–H groups in total. The molecule has 33 heavy (non-hydrogen) atoms. The molecule has 174 valence electrons. The Morgan fingerprint density at radius 1 is 1.21 bits per heavy atom. The Morgan fingerprint density at radius 3 is 2.76 bits per heavy atom. The molecular weight excluding hydrogens is 432 g/mol. The van der Waals surface area contributed by atoms with E-state index in [0.717, 1.165) is 11.1 Å². The lowest BCUT2D eigenvalue weighted by Gasteiger charge is -2.15. The van der Waals surface area contributed by atoms with Gasteiger partial charge in [0.25, 0.3) is 0 Å². The van der Waals surface area contributed by atoms with Gasteiger partial charge in [0.1, 0.15) is 11.9 Å². The highest BCUT2D eigenvalue weighted by Gasteiger charge is 2.33. The minimum atomic E-state index is -0.567. The largest absolute Gasteiger partial charge is 0.442 e. The van der Waals surface area contributed by atoms with Crippen molar-refractivity contribution in [3.8, 4) is 11.1 Å². The van der Waals surface area contributed by atoms with Gasteiger partial charge in [-0.25, -0.2) is 13.9 Å². The normalized spacial score (nSPS) is 15.8. The number of hydrogen-bond acceptors (Lipinski definition) is 6. The maximum Gasteiger partial charge on any atom is 0.414 e. The van der Waals surface area contributed by atoms with Gasteiger partial charge in [-0.2, -0.15) is 0 Å². The Labute approximate surface area is 189 Å². The van der Waals surface area contributed by atoms with Crippen LogP contribution in [0, 0.1) is 5.82 Å². The van der Waals surface area contributed by atoms with Crippen LogP contribution in [0.5, 0.6) is 0 Å².